The van der Waals surface area contributed by atoms with Gasteiger partial charge in [-0.3, -0.25) is 19.6 Å². The summed E-state index contributed by atoms with van der Waals surface area (Å²) in [6, 6.07) is 14.5. The maximum absolute atomic E-state index is 12.8. The van der Waals surface area contributed by atoms with Crippen molar-refractivity contribution in [1.82, 2.24) is 49.5 Å². The number of carbonyl (C=O) groups excluding carboxylic acids is 2. The van der Waals surface area contributed by atoms with E-state index in [1.54, 1.807) is 34.2 Å². The molecule has 1 aliphatic heterocycles. The highest BCUT2D eigenvalue weighted by Gasteiger charge is 2.53. The maximum Gasteiger partial charge on any atom is 0.496 e. The molecule has 0 N–H and O–H groups in total. The first kappa shape index (κ1) is 77.2. The SMILES string of the molecule is CC(C)Oc1nc(-c2ccc(Br)cn2)nn1COCC[Si](C)(C)C.Cc1cc(OCC2(C(=O)OC(C)(C)C)CCC2)ncc1-c1ccc(-c2nc(OC(C)C)n(COCC[Si](C)(C)C)n2)nc1.Cc1cc(OCC2(C(=O)OC(C)(C)C)CCC2)ncc1B1OC(C)(C)C(C)(C)O1. The molecule has 0 aromatic carbocycles. The lowest BCUT2D eigenvalue weighted by Crippen LogP contribution is -2.46. The van der Waals surface area contributed by atoms with E-state index in [0.29, 0.717) is 60.2 Å². The highest BCUT2D eigenvalue weighted by Crippen LogP contribution is 2.45. The van der Waals surface area contributed by atoms with Gasteiger partial charge in [0, 0.05) is 87.3 Å². The molecule has 2 saturated carbocycles. The fourth-order valence-electron chi connectivity index (χ4n) is 9.86. The maximum atomic E-state index is 12.8. The van der Waals surface area contributed by atoms with E-state index in [-0.39, 0.29) is 44.1 Å². The normalized spacial score (nSPS) is 16.3. The van der Waals surface area contributed by atoms with Crippen LogP contribution in [0.1, 0.15) is 147 Å². The van der Waals surface area contributed by atoms with Gasteiger partial charge in [-0.25, -0.2) is 9.97 Å². The molecule has 96 heavy (non-hydrogen) atoms. The quantitative estimate of drug-likeness (QED) is 0.0278. The van der Waals surface area contributed by atoms with Gasteiger partial charge in [0.1, 0.15) is 60.1 Å². The average Bonchev–Trinajstić information content (AvgIpc) is 1.46. The first-order valence-corrected chi connectivity index (χ1v) is 41.8. The smallest absolute Gasteiger partial charge is 0.476 e. The van der Waals surface area contributed by atoms with Gasteiger partial charge in [0.15, 0.2) is 0 Å². The Morgan fingerprint density at radius 3 is 1.39 bits per heavy atom. The van der Waals surface area contributed by atoms with Crippen LogP contribution in [-0.4, -0.2) is 146 Å². The molecule has 22 nitrogen and oxygen atoms in total. The van der Waals surface area contributed by atoms with Gasteiger partial charge in [-0.2, -0.15) is 19.3 Å². The van der Waals surface area contributed by atoms with Crippen LogP contribution in [0.2, 0.25) is 51.4 Å². The number of ether oxygens (including phenoxy) is 8. The Morgan fingerprint density at radius 2 is 1.03 bits per heavy atom. The Bertz CT molecular complexity index is 3520. The Hall–Kier alpha value is -6.16. The van der Waals surface area contributed by atoms with Crippen molar-refractivity contribution in [3.63, 3.8) is 0 Å². The molecule has 6 aromatic heterocycles. The molecule has 2 aliphatic carbocycles. The number of esters is 2. The second kappa shape index (κ2) is 31.8. The first-order valence-electron chi connectivity index (χ1n) is 33.6. The number of hydrogen-bond acceptors (Lipinski definition) is 20. The van der Waals surface area contributed by atoms with E-state index in [0.717, 1.165) is 89.4 Å². The topological polar surface area (TPSA) is 239 Å². The van der Waals surface area contributed by atoms with Crippen molar-refractivity contribution >= 4 is 56.6 Å². The van der Waals surface area contributed by atoms with Crippen molar-refractivity contribution in [1.29, 1.82) is 0 Å². The lowest BCUT2D eigenvalue weighted by Gasteiger charge is -2.40. The number of nitrogens with zero attached hydrogens (tertiary/aromatic N) is 10. The number of pyridine rings is 4. The van der Waals surface area contributed by atoms with Gasteiger partial charge in [0.25, 0.3) is 0 Å². The molecule has 7 heterocycles. The molecule has 526 valence electrons. The molecule has 1 saturated heterocycles. The zero-order chi connectivity index (χ0) is 70.8. The van der Waals surface area contributed by atoms with Gasteiger partial charge >= 0.3 is 31.1 Å². The molecule has 0 spiro atoms. The van der Waals surface area contributed by atoms with Crippen molar-refractivity contribution in [2.45, 2.75) is 249 Å². The highest BCUT2D eigenvalue weighted by molar-refractivity contribution is 9.10. The monoisotopic (exact) mass is 1420 g/mol. The zero-order valence-electron chi connectivity index (χ0n) is 61.2. The zero-order valence-corrected chi connectivity index (χ0v) is 64.7. The summed E-state index contributed by atoms with van der Waals surface area (Å²) in [5.74, 6) is 1.62. The molecule has 26 heteroatoms. The van der Waals surface area contributed by atoms with E-state index >= 15 is 0 Å². The summed E-state index contributed by atoms with van der Waals surface area (Å²) in [4.78, 5) is 52.5. The van der Waals surface area contributed by atoms with Crippen molar-refractivity contribution in [3.05, 3.63) is 76.8 Å². The van der Waals surface area contributed by atoms with Gasteiger partial charge < -0.3 is 47.2 Å². The van der Waals surface area contributed by atoms with Crippen LogP contribution in [0.3, 0.4) is 0 Å². The standard InChI is InChI=1S/C32H47N5O5Si.C22H34BNO5.C16H25BrN4O2Si/c1-22(2)41-30-35-28(36-37(30)21-39-15-16-43(7,8)9)26-12-11-24(18-33-26)25-19-34-27(17-23(25)3)40-20-32(13-10-14-32)29(38)42-31(4,5)6;1-15-12-17(24-13-16(15)23-28-20(5,6)21(7,8)29-23)26-14-22(10-9-11-22)18(25)27-19(2,3)4;1-12(2)23-16-19-15(14-7-6-13(17)10-18-14)20-21(16)11-22-8-9-24(3,4)5/h11-12,17-19,22H,10,13-16,20-21H2,1-9H3;12-13H,9-11,14H2,1-8H3;6-7,10,12H,8-9,11H2,1-5H3. The number of halogens is 1. The fraction of sp³-hybridized carbons (Fsp3) is 0.629. The summed E-state index contributed by atoms with van der Waals surface area (Å²) < 4.78 is 63.0. The van der Waals surface area contributed by atoms with Crippen LogP contribution in [0.5, 0.6) is 23.8 Å². The van der Waals surface area contributed by atoms with Crippen LogP contribution < -0.4 is 24.4 Å². The third-order valence-corrected chi connectivity index (χ3v) is 20.5. The van der Waals surface area contributed by atoms with Crippen LogP contribution in [0.15, 0.2) is 65.7 Å². The molecule has 3 aliphatic rings. The van der Waals surface area contributed by atoms with E-state index in [1.165, 1.54) is 0 Å². The second-order valence-corrected chi connectivity index (χ2v) is 43.6. The van der Waals surface area contributed by atoms with Gasteiger partial charge in [-0.05, 0) is 194 Å². The lowest BCUT2D eigenvalue weighted by molar-refractivity contribution is -0.177. The van der Waals surface area contributed by atoms with Crippen LogP contribution in [-0.2, 0) is 51.3 Å². The van der Waals surface area contributed by atoms with Crippen LogP contribution in [0, 0.1) is 24.7 Å². The minimum absolute atomic E-state index is 0.0145. The Balaban J connectivity index is 0.000000214. The first-order chi connectivity index (χ1) is 44.6. The van der Waals surface area contributed by atoms with E-state index in [4.69, 9.17) is 47.2 Å². The van der Waals surface area contributed by atoms with Crippen molar-refractivity contribution in [2.24, 2.45) is 10.8 Å². The third kappa shape index (κ3) is 22.2. The molecule has 3 fully saturated rings. The van der Waals surface area contributed by atoms with E-state index in [9.17, 15) is 9.59 Å². The predicted molar refractivity (Wildman–Crippen MR) is 382 cm³/mol. The fourth-order valence-corrected chi connectivity index (χ4v) is 11.6. The molecular formula is C70H106BBrN10O12Si2. The molecule has 0 bridgehead atoms. The summed E-state index contributed by atoms with van der Waals surface area (Å²) >= 11 is 3.38. The largest absolute Gasteiger partial charge is 0.496 e. The van der Waals surface area contributed by atoms with Crippen molar-refractivity contribution < 1.29 is 56.8 Å². The van der Waals surface area contributed by atoms with Gasteiger partial charge in [0.2, 0.25) is 23.4 Å². The van der Waals surface area contributed by atoms with Crippen molar-refractivity contribution in [2.75, 3.05) is 26.4 Å². The minimum Gasteiger partial charge on any atom is -0.476 e. The van der Waals surface area contributed by atoms with E-state index in [2.05, 4.69) is 95.3 Å². The van der Waals surface area contributed by atoms with Crippen LogP contribution >= 0.6 is 15.9 Å². The summed E-state index contributed by atoms with van der Waals surface area (Å²) in [5.41, 5.74) is 3.07. The molecule has 0 amide bonds. The molecule has 0 unspecified atom stereocenters. The van der Waals surface area contributed by atoms with Gasteiger partial charge in [-0.15, -0.1) is 10.2 Å². The summed E-state index contributed by atoms with van der Waals surface area (Å²) in [6.07, 6.45) is 12.1. The Morgan fingerprint density at radius 1 is 0.604 bits per heavy atom. The van der Waals surface area contributed by atoms with Gasteiger partial charge in [-0.1, -0.05) is 58.2 Å². The lowest BCUT2D eigenvalue weighted by atomic mass is 9.69. The molecule has 0 radical (unpaired) electrons. The molecular weight excluding hydrogens is 1320 g/mol. The highest BCUT2D eigenvalue weighted by atomic mass is 79.9. The van der Waals surface area contributed by atoms with Crippen LogP contribution in [0.4, 0.5) is 0 Å². The summed E-state index contributed by atoms with van der Waals surface area (Å²) in [5, 5.41) is 9.11. The van der Waals surface area contributed by atoms with Crippen molar-refractivity contribution in [3.8, 4) is 57.9 Å². The molecule has 6 aromatic rings. The third-order valence-electron chi connectivity index (χ3n) is 16.6. The Labute approximate surface area is 580 Å². The predicted octanol–water partition coefficient (Wildman–Crippen LogP) is 14.5. The Kier molecular flexibility index (Phi) is 25.6. The van der Waals surface area contributed by atoms with E-state index < -0.39 is 56.5 Å². The number of carbonyl (C=O) groups is 2. The number of aryl methyl sites for hydroxylation is 2. The number of aromatic nitrogens is 10. The van der Waals surface area contributed by atoms with E-state index in [1.807, 2.05) is 147 Å². The molecule has 0 atom stereocenters. The number of hydrogen-bond donors (Lipinski definition) is 0. The summed E-state index contributed by atoms with van der Waals surface area (Å²) in [7, 11) is -2.75. The minimum atomic E-state index is -1.19. The van der Waals surface area contributed by atoms with Crippen LogP contribution in [0.25, 0.3) is 34.2 Å². The second-order valence-electron chi connectivity index (χ2n) is 31.4. The average molecular weight is 1430 g/mol. The molecule has 9 rings (SSSR count). The number of rotatable bonds is 26. The summed E-state index contributed by atoms with van der Waals surface area (Å²) in [6.45, 7) is 47.8. The van der Waals surface area contributed by atoms with Gasteiger partial charge in [0.05, 0.1) is 23.4 Å².